The fourth-order valence-electron chi connectivity index (χ4n) is 2.44. The minimum Gasteiger partial charge on any atom is -0.339 e. The second-order valence-electron chi connectivity index (χ2n) is 5.81. The summed E-state index contributed by atoms with van der Waals surface area (Å²) in [6.07, 6.45) is 3.72. The van der Waals surface area contributed by atoms with Crippen LogP contribution in [0.3, 0.4) is 0 Å². The molecule has 1 aliphatic rings. The summed E-state index contributed by atoms with van der Waals surface area (Å²) in [6, 6.07) is 7.57. The van der Waals surface area contributed by atoms with Crippen molar-refractivity contribution in [2.24, 2.45) is 5.73 Å². The molecule has 3 rings (SSSR count). The van der Waals surface area contributed by atoms with Crippen LogP contribution in [-0.4, -0.2) is 15.9 Å². The summed E-state index contributed by atoms with van der Waals surface area (Å²) >= 11 is 0. The molecule has 0 unspecified atom stereocenters. The summed E-state index contributed by atoms with van der Waals surface area (Å²) in [5.41, 5.74) is 7.59. The standard InChI is InChI=1S/C16H19N3O2/c1-11-3-5-12(6-4-11)13(20)7-8-14-18-15(19-21-14)16(17)9-2-10-16/h3-6H,2,7-10,17H2,1H3. The number of nitrogens with two attached hydrogens (primary N) is 1. The van der Waals surface area contributed by atoms with Gasteiger partial charge >= 0.3 is 0 Å². The van der Waals surface area contributed by atoms with Gasteiger partial charge in [0.1, 0.15) is 0 Å². The van der Waals surface area contributed by atoms with Gasteiger partial charge in [0.25, 0.3) is 0 Å². The van der Waals surface area contributed by atoms with Crippen LogP contribution in [0.2, 0.25) is 0 Å². The number of aromatic nitrogens is 2. The van der Waals surface area contributed by atoms with Crippen LogP contribution in [0.4, 0.5) is 0 Å². The molecular weight excluding hydrogens is 266 g/mol. The highest BCUT2D eigenvalue weighted by atomic mass is 16.5. The molecule has 5 nitrogen and oxygen atoms in total. The minimum atomic E-state index is -0.414. The Morgan fingerprint density at radius 3 is 2.67 bits per heavy atom. The summed E-state index contributed by atoms with van der Waals surface area (Å²) in [7, 11) is 0. The lowest BCUT2D eigenvalue weighted by Gasteiger charge is -2.34. The normalized spacial score (nSPS) is 16.5. The molecule has 0 spiro atoms. The third-order valence-corrected chi connectivity index (χ3v) is 4.10. The predicted molar refractivity (Wildman–Crippen MR) is 77.8 cm³/mol. The summed E-state index contributed by atoms with van der Waals surface area (Å²) in [5.74, 6) is 1.15. The van der Waals surface area contributed by atoms with E-state index in [0.29, 0.717) is 24.6 Å². The van der Waals surface area contributed by atoms with E-state index in [0.717, 1.165) is 30.4 Å². The van der Waals surface area contributed by atoms with Crippen molar-refractivity contribution in [1.29, 1.82) is 0 Å². The van der Waals surface area contributed by atoms with Crippen molar-refractivity contribution in [3.05, 3.63) is 47.1 Å². The second kappa shape index (κ2) is 5.41. The molecule has 1 aromatic carbocycles. The highest BCUT2D eigenvalue weighted by Gasteiger charge is 2.38. The smallest absolute Gasteiger partial charge is 0.227 e. The Hall–Kier alpha value is -2.01. The number of hydrogen-bond donors (Lipinski definition) is 1. The lowest BCUT2D eigenvalue weighted by molar-refractivity contribution is 0.0979. The number of ketones is 1. The van der Waals surface area contributed by atoms with Crippen LogP contribution >= 0.6 is 0 Å². The van der Waals surface area contributed by atoms with Gasteiger partial charge in [0.2, 0.25) is 5.89 Å². The molecule has 5 heteroatoms. The minimum absolute atomic E-state index is 0.0841. The maximum absolute atomic E-state index is 12.1. The SMILES string of the molecule is Cc1ccc(C(=O)CCc2nc(C3(N)CCC3)no2)cc1. The molecule has 0 radical (unpaired) electrons. The molecule has 2 N–H and O–H groups in total. The van der Waals surface area contributed by atoms with Crippen molar-refractivity contribution in [3.8, 4) is 0 Å². The molecule has 110 valence electrons. The Labute approximate surface area is 123 Å². The largest absolute Gasteiger partial charge is 0.339 e. The van der Waals surface area contributed by atoms with E-state index in [1.54, 1.807) is 0 Å². The Kier molecular flexibility index (Phi) is 3.59. The third-order valence-electron chi connectivity index (χ3n) is 4.10. The van der Waals surface area contributed by atoms with Crippen LogP contribution in [0.25, 0.3) is 0 Å². The monoisotopic (exact) mass is 285 g/mol. The number of Topliss-reactive ketones (excluding diaryl/α,β-unsaturated/α-hetero) is 1. The third kappa shape index (κ3) is 2.88. The van der Waals surface area contributed by atoms with Crippen LogP contribution < -0.4 is 5.73 Å². The summed E-state index contributed by atoms with van der Waals surface area (Å²) in [4.78, 5) is 16.4. The first-order valence-electron chi connectivity index (χ1n) is 7.29. The topological polar surface area (TPSA) is 82.0 Å². The van der Waals surface area contributed by atoms with Gasteiger partial charge in [-0.2, -0.15) is 4.98 Å². The second-order valence-corrected chi connectivity index (χ2v) is 5.81. The van der Waals surface area contributed by atoms with E-state index in [2.05, 4.69) is 10.1 Å². The van der Waals surface area contributed by atoms with Gasteiger partial charge in [-0.1, -0.05) is 35.0 Å². The van der Waals surface area contributed by atoms with Gasteiger partial charge in [-0.25, -0.2) is 0 Å². The lowest BCUT2D eigenvalue weighted by Crippen LogP contribution is -2.44. The van der Waals surface area contributed by atoms with Gasteiger partial charge in [0.05, 0.1) is 5.54 Å². The number of carbonyl (C=O) groups excluding carboxylic acids is 1. The van der Waals surface area contributed by atoms with Crippen molar-refractivity contribution in [2.75, 3.05) is 0 Å². The van der Waals surface area contributed by atoms with Gasteiger partial charge < -0.3 is 10.3 Å². The summed E-state index contributed by atoms with van der Waals surface area (Å²) in [5, 5.41) is 3.95. The van der Waals surface area contributed by atoms with Crippen molar-refractivity contribution in [1.82, 2.24) is 10.1 Å². The molecule has 2 aromatic rings. The fraction of sp³-hybridized carbons (Fsp3) is 0.438. The molecule has 0 amide bonds. The maximum Gasteiger partial charge on any atom is 0.227 e. The van der Waals surface area contributed by atoms with Gasteiger partial charge in [-0.05, 0) is 26.2 Å². The Morgan fingerprint density at radius 1 is 1.33 bits per heavy atom. The molecular formula is C16H19N3O2. The van der Waals surface area contributed by atoms with Crippen LogP contribution in [-0.2, 0) is 12.0 Å². The molecule has 1 saturated carbocycles. The molecule has 0 saturated heterocycles. The van der Waals surface area contributed by atoms with E-state index in [1.165, 1.54) is 0 Å². The van der Waals surface area contributed by atoms with Crippen LogP contribution in [0.1, 0.15) is 53.3 Å². The number of benzene rings is 1. The zero-order valence-corrected chi connectivity index (χ0v) is 12.1. The van der Waals surface area contributed by atoms with Gasteiger partial charge in [0.15, 0.2) is 11.6 Å². The predicted octanol–water partition coefficient (Wildman–Crippen LogP) is 2.53. The molecule has 1 heterocycles. The summed E-state index contributed by atoms with van der Waals surface area (Å²) < 4.78 is 5.20. The molecule has 1 aliphatic carbocycles. The quantitative estimate of drug-likeness (QED) is 0.854. The number of carbonyl (C=O) groups is 1. The lowest BCUT2D eigenvalue weighted by atomic mass is 9.77. The van der Waals surface area contributed by atoms with Crippen molar-refractivity contribution >= 4 is 5.78 Å². The first kappa shape index (κ1) is 13.9. The fourth-order valence-corrected chi connectivity index (χ4v) is 2.44. The van der Waals surface area contributed by atoms with E-state index >= 15 is 0 Å². The number of rotatable bonds is 5. The Morgan fingerprint density at radius 2 is 2.05 bits per heavy atom. The van der Waals surface area contributed by atoms with Gasteiger partial charge in [-0.3, -0.25) is 4.79 Å². The van der Waals surface area contributed by atoms with E-state index < -0.39 is 5.54 Å². The van der Waals surface area contributed by atoms with E-state index in [1.807, 2.05) is 31.2 Å². The molecule has 0 atom stereocenters. The molecule has 1 aromatic heterocycles. The highest BCUT2D eigenvalue weighted by molar-refractivity contribution is 5.96. The van der Waals surface area contributed by atoms with Crippen molar-refractivity contribution < 1.29 is 9.32 Å². The van der Waals surface area contributed by atoms with Crippen LogP contribution in [0.5, 0.6) is 0 Å². The first-order valence-corrected chi connectivity index (χ1v) is 7.29. The molecule has 21 heavy (non-hydrogen) atoms. The van der Waals surface area contributed by atoms with Gasteiger partial charge in [-0.15, -0.1) is 0 Å². The van der Waals surface area contributed by atoms with Crippen molar-refractivity contribution in [2.45, 2.75) is 44.6 Å². The molecule has 0 bridgehead atoms. The van der Waals surface area contributed by atoms with Crippen LogP contribution in [0.15, 0.2) is 28.8 Å². The van der Waals surface area contributed by atoms with Crippen molar-refractivity contribution in [3.63, 3.8) is 0 Å². The zero-order valence-electron chi connectivity index (χ0n) is 12.1. The number of nitrogens with zero attached hydrogens (tertiary/aromatic N) is 2. The Balaban J connectivity index is 1.60. The highest BCUT2D eigenvalue weighted by Crippen LogP contribution is 2.36. The maximum atomic E-state index is 12.1. The van der Waals surface area contributed by atoms with Gasteiger partial charge in [0, 0.05) is 18.4 Å². The van der Waals surface area contributed by atoms with E-state index in [-0.39, 0.29) is 5.78 Å². The zero-order chi connectivity index (χ0) is 14.9. The first-order chi connectivity index (χ1) is 10.1. The number of aryl methyl sites for hydroxylation is 2. The molecule has 1 fully saturated rings. The average molecular weight is 285 g/mol. The van der Waals surface area contributed by atoms with E-state index in [9.17, 15) is 4.79 Å². The molecule has 0 aliphatic heterocycles. The van der Waals surface area contributed by atoms with E-state index in [4.69, 9.17) is 10.3 Å². The van der Waals surface area contributed by atoms with Crippen LogP contribution in [0, 0.1) is 6.92 Å². The Bertz CT molecular complexity index is 642. The summed E-state index contributed by atoms with van der Waals surface area (Å²) in [6.45, 7) is 2.00. The number of hydrogen-bond acceptors (Lipinski definition) is 5. The average Bonchev–Trinajstić information content (AvgIpc) is 2.92.